The van der Waals surface area contributed by atoms with Crippen molar-refractivity contribution in [2.45, 2.75) is 45.2 Å². The van der Waals surface area contributed by atoms with Gasteiger partial charge < -0.3 is 5.32 Å². The summed E-state index contributed by atoms with van der Waals surface area (Å²) in [6.07, 6.45) is 7.16. The van der Waals surface area contributed by atoms with Gasteiger partial charge in [-0.3, -0.25) is 4.68 Å². The molecule has 0 saturated heterocycles. The van der Waals surface area contributed by atoms with Gasteiger partial charge in [0.25, 0.3) is 0 Å². The predicted molar refractivity (Wildman–Crippen MR) is 78.2 cm³/mol. The number of hydrogen-bond acceptors (Lipinski definition) is 2. The monoisotopic (exact) mass is 255 g/mol. The van der Waals surface area contributed by atoms with Crippen LogP contribution in [0.2, 0.25) is 0 Å². The van der Waals surface area contributed by atoms with Crippen molar-refractivity contribution in [1.29, 1.82) is 0 Å². The number of nitrogens with zero attached hydrogens (tertiary/aromatic N) is 2. The van der Waals surface area contributed by atoms with E-state index in [2.05, 4.69) is 52.4 Å². The Morgan fingerprint density at radius 1 is 1.16 bits per heavy atom. The standard InChI is InChI=1S/C16H21N3/c1-13-6-8-14(9-7-13)17-12-16-10-11-18-19(16)15-4-2-3-5-15/h6-11,15,17H,2-5,12H2,1H3. The highest BCUT2D eigenvalue weighted by molar-refractivity contribution is 5.44. The van der Waals surface area contributed by atoms with E-state index in [0.717, 1.165) is 6.54 Å². The fourth-order valence-corrected chi connectivity index (χ4v) is 2.82. The van der Waals surface area contributed by atoms with Crippen molar-refractivity contribution in [2.75, 3.05) is 5.32 Å². The molecule has 1 fully saturated rings. The van der Waals surface area contributed by atoms with Gasteiger partial charge in [-0.15, -0.1) is 0 Å². The van der Waals surface area contributed by atoms with Crippen LogP contribution in [0, 0.1) is 6.92 Å². The maximum atomic E-state index is 4.50. The van der Waals surface area contributed by atoms with Crippen LogP contribution >= 0.6 is 0 Å². The molecule has 0 radical (unpaired) electrons. The van der Waals surface area contributed by atoms with Crippen LogP contribution in [0.4, 0.5) is 5.69 Å². The molecule has 1 N–H and O–H groups in total. The lowest BCUT2D eigenvalue weighted by molar-refractivity contribution is 0.452. The van der Waals surface area contributed by atoms with Gasteiger partial charge >= 0.3 is 0 Å². The Morgan fingerprint density at radius 2 is 1.89 bits per heavy atom. The van der Waals surface area contributed by atoms with Crippen LogP contribution in [0.15, 0.2) is 36.5 Å². The molecule has 1 aromatic heterocycles. The lowest BCUT2D eigenvalue weighted by atomic mass is 10.2. The molecule has 1 aliphatic rings. The topological polar surface area (TPSA) is 29.9 Å². The molecule has 1 heterocycles. The Morgan fingerprint density at radius 3 is 2.63 bits per heavy atom. The number of aromatic nitrogens is 2. The van der Waals surface area contributed by atoms with E-state index in [1.54, 1.807) is 0 Å². The second kappa shape index (κ2) is 5.47. The van der Waals surface area contributed by atoms with Gasteiger partial charge in [-0.2, -0.15) is 5.10 Å². The average molecular weight is 255 g/mol. The normalized spacial score (nSPS) is 15.8. The lowest BCUT2D eigenvalue weighted by Crippen LogP contribution is -2.13. The Bertz CT molecular complexity index is 521. The molecule has 0 aliphatic heterocycles. The summed E-state index contributed by atoms with van der Waals surface area (Å²) in [5, 5.41) is 7.98. The van der Waals surface area contributed by atoms with E-state index in [1.807, 2.05) is 6.20 Å². The molecular formula is C16H21N3. The van der Waals surface area contributed by atoms with Gasteiger partial charge in [0, 0.05) is 11.9 Å². The number of rotatable bonds is 4. The Hall–Kier alpha value is -1.77. The van der Waals surface area contributed by atoms with E-state index in [1.165, 1.54) is 42.6 Å². The van der Waals surface area contributed by atoms with E-state index in [0.29, 0.717) is 6.04 Å². The van der Waals surface area contributed by atoms with Crippen LogP contribution in [0.3, 0.4) is 0 Å². The van der Waals surface area contributed by atoms with Gasteiger partial charge in [-0.05, 0) is 38.0 Å². The Labute approximate surface area is 114 Å². The summed E-state index contributed by atoms with van der Waals surface area (Å²) >= 11 is 0. The summed E-state index contributed by atoms with van der Waals surface area (Å²) in [6.45, 7) is 2.96. The lowest BCUT2D eigenvalue weighted by Gasteiger charge is -2.15. The molecule has 1 saturated carbocycles. The molecule has 3 heteroatoms. The van der Waals surface area contributed by atoms with Crippen LogP contribution in [-0.2, 0) is 6.54 Å². The third-order valence-electron chi connectivity index (χ3n) is 3.95. The van der Waals surface area contributed by atoms with Crippen molar-refractivity contribution in [2.24, 2.45) is 0 Å². The van der Waals surface area contributed by atoms with Crippen molar-refractivity contribution in [1.82, 2.24) is 9.78 Å². The van der Waals surface area contributed by atoms with Crippen LogP contribution in [0.25, 0.3) is 0 Å². The van der Waals surface area contributed by atoms with E-state index in [-0.39, 0.29) is 0 Å². The summed E-state index contributed by atoms with van der Waals surface area (Å²) in [5.41, 5.74) is 3.75. The Balaban J connectivity index is 1.66. The summed E-state index contributed by atoms with van der Waals surface area (Å²) in [4.78, 5) is 0. The van der Waals surface area contributed by atoms with E-state index in [9.17, 15) is 0 Å². The fraction of sp³-hybridized carbons (Fsp3) is 0.438. The molecule has 0 unspecified atom stereocenters. The smallest absolute Gasteiger partial charge is 0.0578 e. The molecule has 3 rings (SSSR count). The van der Waals surface area contributed by atoms with E-state index >= 15 is 0 Å². The summed E-state index contributed by atoms with van der Waals surface area (Å²) < 4.78 is 2.22. The minimum absolute atomic E-state index is 0.616. The minimum atomic E-state index is 0.616. The van der Waals surface area contributed by atoms with Crippen LogP contribution in [0.1, 0.15) is 43.0 Å². The summed E-state index contributed by atoms with van der Waals surface area (Å²) in [5.74, 6) is 0. The first kappa shape index (κ1) is 12.3. The van der Waals surface area contributed by atoms with Gasteiger partial charge in [0.15, 0.2) is 0 Å². The second-order valence-corrected chi connectivity index (χ2v) is 5.42. The van der Waals surface area contributed by atoms with Crippen molar-refractivity contribution in [3.05, 3.63) is 47.8 Å². The van der Waals surface area contributed by atoms with Crippen molar-refractivity contribution >= 4 is 5.69 Å². The number of benzene rings is 1. The van der Waals surface area contributed by atoms with Gasteiger partial charge in [0.05, 0.1) is 18.3 Å². The van der Waals surface area contributed by atoms with Crippen LogP contribution < -0.4 is 5.32 Å². The van der Waals surface area contributed by atoms with Gasteiger partial charge in [0.1, 0.15) is 0 Å². The molecule has 1 aliphatic carbocycles. The molecule has 100 valence electrons. The predicted octanol–water partition coefficient (Wildman–Crippen LogP) is 3.92. The molecule has 2 aromatic rings. The highest BCUT2D eigenvalue weighted by Crippen LogP contribution is 2.29. The van der Waals surface area contributed by atoms with Crippen molar-refractivity contribution < 1.29 is 0 Å². The molecule has 1 aromatic carbocycles. The molecule has 19 heavy (non-hydrogen) atoms. The highest BCUT2D eigenvalue weighted by atomic mass is 15.3. The van der Waals surface area contributed by atoms with Crippen molar-refractivity contribution in [3.63, 3.8) is 0 Å². The van der Waals surface area contributed by atoms with Crippen LogP contribution in [-0.4, -0.2) is 9.78 Å². The molecule has 3 nitrogen and oxygen atoms in total. The fourth-order valence-electron chi connectivity index (χ4n) is 2.82. The second-order valence-electron chi connectivity index (χ2n) is 5.42. The number of aryl methyl sites for hydroxylation is 1. The zero-order chi connectivity index (χ0) is 13.1. The van der Waals surface area contributed by atoms with Gasteiger partial charge in [-0.25, -0.2) is 0 Å². The van der Waals surface area contributed by atoms with Crippen LogP contribution in [0.5, 0.6) is 0 Å². The first-order valence-electron chi connectivity index (χ1n) is 7.16. The maximum absolute atomic E-state index is 4.50. The minimum Gasteiger partial charge on any atom is -0.379 e. The van der Waals surface area contributed by atoms with Gasteiger partial charge in [0.2, 0.25) is 0 Å². The summed E-state index contributed by atoms with van der Waals surface area (Å²) in [6, 6.07) is 11.3. The highest BCUT2D eigenvalue weighted by Gasteiger charge is 2.19. The molecule has 0 amide bonds. The average Bonchev–Trinajstić information content (AvgIpc) is 3.08. The van der Waals surface area contributed by atoms with Crippen molar-refractivity contribution in [3.8, 4) is 0 Å². The third-order valence-corrected chi connectivity index (χ3v) is 3.95. The number of nitrogens with one attached hydrogen (secondary N) is 1. The summed E-state index contributed by atoms with van der Waals surface area (Å²) in [7, 11) is 0. The first-order chi connectivity index (χ1) is 9.33. The first-order valence-corrected chi connectivity index (χ1v) is 7.16. The SMILES string of the molecule is Cc1ccc(NCc2ccnn2C2CCCC2)cc1. The number of anilines is 1. The van der Waals surface area contributed by atoms with Gasteiger partial charge in [-0.1, -0.05) is 30.5 Å². The molecule has 0 atom stereocenters. The quantitative estimate of drug-likeness (QED) is 0.897. The zero-order valence-electron chi connectivity index (χ0n) is 11.5. The molecular weight excluding hydrogens is 234 g/mol. The molecule has 0 spiro atoms. The zero-order valence-corrected chi connectivity index (χ0v) is 11.5. The number of hydrogen-bond donors (Lipinski definition) is 1. The van der Waals surface area contributed by atoms with E-state index < -0.39 is 0 Å². The largest absolute Gasteiger partial charge is 0.379 e. The third kappa shape index (κ3) is 2.80. The van der Waals surface area contributed by atoms with E-state index in [4.69, 9.17) is 0 Å². The molecule has 0 bridgehead atoms. The maximum Gasteiger partial charge on any atom is 0.0578 e. The Kier molecular flexibility index (Phi) is 3.53.